The lowest BCUT2D eigenvalue weighted by Gasteiger charge is -2.16. The van der Waals surface area contributed by atoms with E-state index in [1.54, 1.807) is 0 Å². The van der Waals surface area contributed by atoms with E-state index in [-0.39, 0.29) is 0 Å². The molecule has 110 valence electrons. The first-order chi connectivity index (χ1) is 10.7. The second-order valence-electron chi connectivity index (χ2n) is 5.82. The fraction of sp³-hybridized carbons (Fsp3) is 0.190. The van der Waals surface area contributed by atoms with Crippen LogP contribution in [0, 0.1) is 0 Å². The molecule has 1 nitrogen and oxygen atoms in total. The Labute approximate surface area is 132 Å². The van der Waals surface area contributed by atoms with Crippen molar-refractivity contribution in [3.63, 3.8) is 0 Å². The van der Waals surface area contributed by atoms with Crippen LogP contribution in [0.5, 0.6) is 0 Å². The van der Waals surface area contributed by atoms with Gasteiger partial charge in [0, 0.05) is 11.6 Å². The maximum atomic E-state index is 4.78. The van der Waals surface area contributed by atoms with Crippen LogP contribution in [-0.2, 0) is 0 Å². The molecule has 1 unspecified atom stereocenters. The van der Waals surface area contributed by atoms with Crippen molar-refractivity contribution in [1.82, 2.24) is 0 Å². The molecule has 1 aliphatic carbocycles. The van der Waals surface area contributed by atoms with E-state index in [1.807, 2.05) is 30.3 Å². The third-order valence-electron chi connectivity index (χ3n) is 4.37. The van der Waals surface area contributed by atoms with E-state index in [0.717, 1.165) is 11.4 Å². The zero-order valence-electron chi connectivity index (χ0n) is 13.4. The van der Waals surface area contributed by atoms with Crippen molar-refractivity contribution in [2.45, 2.75) is 26.7 Å². The lowest BCUT2D eigenvalue weighted by Crippen LogP contribution is -2.05. The van der Waals surface area contributed by atoms with Crippen LogP contribution in [0.15, 0.2) is 82.9 Å². The SMILES string of the molecule is CC(=Nc1ccccc1)c1ccccc1C1C=CC(C)=C1C. The van der Waals surface area contributed by atoms with Gasteiger partial charge < -0.3 is 0 Å². The zero-order chi connectivity index (χ0) is 15.5. The Balaban J connectivity index is 2.02. The van der Waals surface area contributed by atoms with Crippen molar-refractivity contribution in [3.8, 4) is 0 Å². The zero-order valence-corrected chi connectivity index (χ0v) is 13.4. The molecule has 2 aromatic carbocycles. The Morgan fingerprint density at radius 1 is 0.909 bits per heavy atom. The van der Waals surface area contributed by atoms with Crippen molar-refractivity contribution in [3.05, 3.63) is 89.0 Å². The van der Waals surface area contributed by atoms with Gasteiger partial charge in [0.05, 0.1) is 5.69 Å². The molecule has 3 rings (SSSR count). The molecule has 0 heterocycles. The van der Waals surface area contributed by atoms with E-state index in [2.05, 4.69) is 57.2 Å². The minimum atomic E-state index is 0.372. The average molecular weight is 287 g/mol. The molecule has 22 heavy (non-hydrogen) atoms. The van der Waals surface area contributed by atoms with Gasteiger partial charge in [0.2, 0.25) is 0 Å². The van der Waals surface area contributed by atoms with Crippen LogP contribution in [-0.4, -0.2) is 5.71 Å². The molecule has 0 saturated heterocycles. The summed E-state index contributed by atoms with van der Waals surface area (Å²) in [4.78, 5) is 4.78. The smallest absolute Gasteiger partial charge is 0.0633 e. The number of hydrogen-bond donors (Lipinski definition) is 0. The van der Waals surface area contributed by atoms with Crippen LogP contribution >= 0.6 is 0 Å². The van der Waals surface area contributed by atoms with Crippen LogP contribution in [0.3, 0.4) is 0 Å². The first-order valence-corrected chi connectivity index (χ1v) is 7.72. The van der Waals surface area contributed by atoms with E-state index in [9.17, 15) is 0 Å². The summed E-state index contributed by atoms with van der Waals surface area (Å²) in [7, 11) is 0. The number of rotatable bonds is 3. The summed E-state index contributed by atoms with van der Waals surface area (Å²) in [6, 6.07) is 18.7. The lowest BCUT2D eigenvalue weighted by atomic mass is 9.88. The van der Waals surface area contributed by atoms with Gasteiger partial charge in [-0.15, -0.1) is 0 Å². The van der Waals surface area contributed by atoms with Gasteiger partial charge in [0.25, 0.3) is 0 Å². The van der Waals surface area contributed by atoms with Gasteiger partial charge in [0.15, 0.2) is 0 Å². The topological polar surface area (TPSA) is 12.4 Å². The van der Waals surface area contributed by atoms with Crippen molar-refractivity contribution >= 4 is 11.4 Å². The number of para-hydroxylation sites is 1. The summed E-state index contributed by atoms with van der Waals surface area (Å²) in [5.41, 5.74) is 7.44. The molecule has 0 aromatic heterocycles. The number of benzene rings is 2. The van der Waals surface area contributed by atoms with Crippen LogP contribution in [0.1, 0.15) is 37.8 Å². The van der Waals surface area contributed by atoms with Gasteiger partial charge >= 0.3 is 0 Å². The van der Waals surface area contributed by atoms with E-state index in [0.29, 0.717) is 5.92 Å². The maximum Gasteiger partial charge on any atom is 0.0633 e. The van der Waals surface area contributed by atoms with Crippen molar-refractivity contribution in [1.29, 1.82) is 0 Å². The molecule has 0 fully saturated rings. The van der Waals surface area contributed by atoms with Crippen LogP contribution in [0.4, 0.5) is 5.69 Å². The Morgan fingerprint density at radius 3 is 2.27 bits per heavy atom. The predicted molar refractivity (Wildman–Crippen MR) is 95.0 cm³/mol. The third kappa shape index (κ3) is 2.80. The summed E-state index contributed by atoms with van der Waals surface area (Å²) in [6.45, 7) is 6.50. The first-order valence-electron chi connectivity index (χ1n) is 7.72. The van der Waals surface area contributed by atoms with Crippen molar-refractivity contribution in [2.24, 2.45) is 4.99 Å². The fourth-order valence-electron chi connectivity index (χ4n) is 2.95. The number of aliphatic imine (C=N–C) groups is 1. The Kier molecular flexibility index (Phi) is 4.06. The van der Waals surface area contributed by atoms with Crippen molar-refractivity contribution < 1.29 is 0 Å². The molecule has 1 aliphatic rings. The van der Waals surface area contributed by atoms with E-state index < -0.39 is 0 Å². The molecule has 2 aromatic rings. The summed E-state index contributed by atoms with van der Waals surface area (Å²) in [6.07, 6.45) is 4.51. The second kappa shape index (κ2) is 6.15. The lowest BCUT2D eigenvalue weighted by molar-refractivity contribution is 0.998. The van der Waals surface area contributed by atoms with Gasteiger partial charge in [-0.05, 0) is 44.0 Å². The molecule has 0 amide bonds. The minimum absolute atomic E-state index is 0.372. The Morgan fingerprint density at radius 2 is 1.59 bits per heavy atom. The molecule has 1 atom stereocenters. The number of hydrogen-bond acceptors (Lipinski definition) is 1. The average Bonchev–Trinajstić information content (AvgIpc) is 2.88. The summed E-state index contributed by atoms with van der Waals surface area (Å²) in [5.74, 6) is 0.372. The van der Waals surface area contributed by atoms with Crippen LogP contribution in [0.25, 0.3) is 0 Å². The van der Waals surface area contributed by atoms with E-state index in [1.165, 1.54) is 22.3 Å². The Bertz CT molecular complexity index is 764. The maximum absolute atomic E-state index is 4.78. The standard InChI is InChI=1S/C21H21N/c1-15-13-14-19(16(15)2)21-12-8-7-11-20(21)17(3)22-18-9-5-4-6-10-18/h4-14,19H,1-3H3. The normalized spacial score (nSPS) is 18.1. The summed E-state index contributed by atoms with van der Waals surface area (Å²) >= 11 is 0. The Hall–Kier alpha value is -2.41. The molecule has 0 radical (unpaired) electrons. The fourth-order valence-corrected chi connectivity index (χ4v) is 2.95. The van der Waals surface area contributed by atoms with Gasteiger partial charge in [0.1, 0.15) is 0 Å². The monoisotopic (exact) mass is 287 g/mol. The second-order valence-corrected chi connectivity index (χ2v) is 5.82. The highest BCUT2D eigenvalue weighted by molar-refractivity contribution is 6.01. The van der Waals surface area contributed by atoms with E-state index in [4.69, 9.17) is 4.99 Å². The molecule has 0 aliphatic heterocycles. The van der Waals surface area contributed by atoms with E-state index >= 15 is 0 Å². The molecule has 0 bridgehead atoms. The molecule has 0 spiro atoms. The van der Waals surface area contributed by atoms with Gasteiger partial charge in [-0.25, -0.2) is 0 Å². The third-order valence-corrected chi connectivity index (χ3v) is 4.37. The molecular formula is C21H21N. The minimum Gasteiger partial charge on any atom is -0.253 e. The summed E-state index contributed by atoms with van der Waals surface area (Å²) in [5, 5.41) is 0. The highest BCUT2D eigenvalue weighted by Gasteiger charge is 2.19. The quantitative estimate of drug-likeness (QED) is 0.631. The largest absolute Gasteiger partial charge is 0.253 e. The molecule has 1 heteroatoms. The number of allylic oxidation sites excluding steroid dienone is 4. The summed E-state index contributed by atoms with van der Waals surface area (Å²) < 4.78 is 0. The van der Waals surface area contributed by atoms with Gasteiger partial charge in [-0.3, -0.25) is 4.99 Å². The first kappa shape index (κ1) is 14.5. The molecule has 0 N–H and O–H groups in total. The van der Waals surface area contributed by atoms with Crippen molar-refractivity contribution in [2.75, 3.05) is 0 Å². The molecule has 0 saturated carbocycles. The van der Waals surface area contributed by atoms with Crippen LogP contribution in [0.2, 0.25) is 0 Å². The predicted octanol–water partition coefficient (Wildman–Crippen LogP) is 5.82. The van der Waals surface area contributed by atoms with Crippen LogP contribution < -0.4 is 0 Å². The van der Waals surface area contributed by atoms with Gasteiger partial charge in [-0.1, -0.05) is 65.8 Å². The highest BCUT2D eigenvalue weighted by atomic mass is 14.7. The van der Waals surface area contributed by atoms with Gasteiger partial charge in [-0.2, -0.15) is 0 Å². The molecular weight excluding hydrogens is 266 g/mol. The number of nitrogens with zero attached hydrogens (tertiary/aromatic N) is 1. The highest BCUT2D eigenvalue weighted by Crippen LogP contribution is 2.35.